The van der Waals surface area contributed by atoms with Crippen LogP contribution in [0.25, 0.3) is 0 Å². The summed E-state index contributed by atoms with van der Waals surface area (Å²) in [5.74, 6) is -0.414. The summed E-state index contributed by atoms with van der Waals surface area (Å²) in [6, 6.07) is 0. The Hall–Kier alpha value is -0.110. The Morgan fingerprint density at radius 1 is 1.03 bits per heavy atom. The van der Waals surface area contributed by atoms with Crippen LogP contribution in [-0.2, 0) is 19.1 Å². The van der Waals surface area contributed by atoms with Crippen molar-refractivity contribution in [2.24, 2.45) is 5.73 Å². The molecular weight excluding hydrogens is 545 g/mol. The number of imide groups is 1. The number of nitrogens with two attached hydrogens (primary N) is 1. The van der Waals surface area contributed by atoms with Crippen LogP contribution in [0.5, 0.6) is 0 Å². The molecule has 12 heteroatoms. The number of hydrogen-bond donors (Lipinski definition) is 1. The summed E-state index contributed by atoms with van der Waals surface area (Å²) < 4.78 is 2.51. The Morgan fingerprint density at radius 2 is 1.44 bits per heavy atom. The molecule has 0 saturated heterocycles. The number of halogens is 6. The van der Waals surface area contributed by atoms with Gasteiger partial charge in [0.15, 0.2) is 7.59 Å². The lowest BCUT2D eigenvalue weighted by Crippen LogP contribution is -2.33. The molecule has 0 fully saturated rings. The number of ether oxygens (including phenoxy) is 1. The average Bonchev–Trinajstić information content (AvgIpc) is 3.11. The zero-order valence-corrected chi connectivity index (χ0v) is 24.3. The number of carbonyl (C=O) groups is 3. The zero-order chi connectivity index (χ0) is 26.5. The SMILES string of the molecule is CC.CC.CCC(Cl)(Cl)Cl.CCC(N)=O.COC1=CC(=O)N(C(=O)CCCC(Cl)(Cl)Cl)C1. The van der Waals surface area contributed by atoms with Gasteiger partial charge in [0, 0.05) is 18.9 Å². The first-order valence-corrected chi connectivity index (χ1v) is 12.4. The van der Waals surface area contributed by atoms with Gasteiger partial charge in [-0.3, -0.25) is 19.3 Å². The second-order valence-electron chi connectivity index (χ2n) is 5.39. The standard InChI is InChI=1S/C10H12Cl3NO3.C3H5Cl3.C3H7NO.2C2H6/c1-17-7-5-9(16)14(6-7)8(15)3-2-4-10(11,12)13;1-2-3(4,5)6;1-2-3(4)5;2*1-2/h5H,2-4,6H2,1H3;2H2,1H3;2H2,1H3,(H2,4,5);2*1-2H3. The summed E-state index contributed by atoms with van der Waals surface area (Å²) in [6.45, 7) is 11.7. The van der Waals surface area contributed by atoms with Gasteiger partial charge in [0.05, 0.1) is 13.7 Å². The van der Waals surface area contributed by atoms with Gasteiger partial charge < -0.3 is 10.5 Å². The van der Waals surface area contributed by atoms with Crippen molar-refractivity contribution in [3.05, 3.63) is 11.8 Å². The van der Waals surface area contributed by atoms with Crippen molar-refractivity contribution in [1.29, 1.82) is 0 Å². The van der Waals surface area contributed by atoms with E-state index in [2.05, 4.69) is 5.73 Å². The quantitative estimate of drug-likeness (QED) is 0.350. The molecular formula is C20H36Cl6N2O4. The molecule has 0 bridgehead atoms. The average molecular weight is 581 g/mol. The largest absolute Gasteiger partial charge is 0.499 e. The van der Waals surface area contributed by atoms with Gasteiger partial charge in [0.2, 0.25) is 11.8 Å². The first-order valence-electron chi connectivity index (χ1n) is 10.2. The highest BCUT2D eigenvalue weighted by Crippen LogP contribution is 2.32. The molecule has 2 N–H and O–H groups in total. The van der Waals surface area contributed by atoms with Crippen molar-refractivity contribution in [2.75, 3.05) is 13.7 Å². The Kier molecular flexibility index (Phi) is 27.7. The van der Waals surface area contributed by atoms with E-state index in [9.17, 15) is 14.4 Å². The van der Waals surface area contributed by atoms with Crippen LogP contribution in [0.3, 0.4) is 0 Å². The Labute approximate surface area is 223 Å². The van der Waals surface area contributed by atoms with Crippen molar-refractivity contribution >= 4 is 87.3 Å². The minimum absolute atomic E-state index is 0.171. The van der Waals surface area contributed by atoms with Gasteiger partial charge in [-0.2, -0.15) is 0 Å². The van der Waals surface area contributed by atoms with E-state index in [1.54, 1.807) is 6.92 Å². The molecule has 0 saturated carbocycles. The lowest BCUT2D eigenvalue weighted by Gasteiger charge is -2.15. The molecule has 1 aliphatic heterocycles. The van der Waals surface area contributed by atoms with Crippen LogP contribution >= 0.6 is 69.6 Å². The van der Waals surface area contributed by atoms with E-state index in [1.807, 2.05) is 34.6 Å². The third kappa shape index (κ3) is 27.9. The van der Waals surface area contributed by atoms with Crippen molar-refractivity contribution in [3.63, 3.8) is 0 Å². The third-order valence-electron chi connectivity index (χ3n) is 3.03. The maximum Gasteiger partial charge on any atom is 0.257 e. The van der Waals surface area contributed by atoms with Gasteiger partial charge in [-0.05, 0) is 19.3 Å². The maximum absolute atomic E-state index is 11.7. The Morgan fingerprint density at radius 3 is 1.69 bits per heavy atom. The molecule has 0 atom stereocenters. The normalized spacial score (nSPS) is 12.3. The Bertz CT molecular complexity index is 547. The summed E-state index contributed by atoms with van der Waals surface area (Å²) >= 11 is 32.4. The van der Waals surface area contributed by atoms with Crippen molar-refractivity contribution in [1.82, 2.24) is 4.90 Å². The number of carbonyl (C=O) groups excluding carboxylic acids is 3. The molecule has 32 heavy (non-hydrogen) atoms. The van der Waals surface area contributed by atoms with Crippen molar-refractivity contribution < 1.29 is 19.1 Å². The van der Waals surface area contributed by atoms with Gasteiger partial charge in [-0.25, -0.2) is 0 Å². The first-order chi connectivity index (χ1) is 14.7. The van der Waals surface area contributed by atoms with E-state index >= 15 is 0 Å². The van der Waals surface area contributed by atoms with E-state index in [4.69, 9.17) is 74.3 Å². The second-order valence-corrected chi connectivity index (χ2v) is 10.4. The molecule has 1 heterocycles. The zero-order valence-electron chi connectivity index (χ0n) is 19.7. The number of nitrogens with zero attached hydrogens (tertiary/aromatic N) is 1. The monoisotopic (exact) mass is 578 g/mol. The van der Waals surface area contributed by atoms with Crippen LogP contribution in [-0.4, -0.2) is 43.9 Å². The van der Waals surface area contributed by atoms with Crippen LogP contribution in [0.15, 0.2) is 11.8 Å². The summed E-state index contributed by atoms with van der Waals surface area (Å²) in [6.07, 6.45) is 3.17. The van der Waals surface area contributed by atoms with Gasteiger partial charge in [-0.1, -0.05) is 111 Å². The Balaban J connectivity index is -0.000000216. The number of methoxy groups -OCH3 is 1. The summed E-state index contributed by atoms with van der Waals surface area (Å²) in [5, 5.41) is 0. The summed E-state index contributed by atoms with van der Waals surface area (Å²) in [5.41, 5.74) is 4.65. The predicted molar refractivity (Wildman–Crippen MR) is 139 cm³/mol. The van der Waals surface area contributed by atoms with Gasteiger partial charge >= 0.3 is 0 Å². The van der Waals surface area contributed by atoms with E-state index in [0.29, 0.717) is 25.0 Å². The molecule has 1 rings (SSSR count). The smallest absolute Gasteiger partial charge is 0.257 e. The number of primary amides is 1. The fourth-order valence-corrected chi connectivity index (χ4v) is 1.81. The van der Waals surface area contributed by atoms with Crippen LogP contribution in [0.1, 0.15) is 73.6 Å². The number of rotatable bonds is 5. The molecule has 0 unspecified atom stereocenters. The maximum atomic E-state index is 11.7. The molecule has 0 spiro atoms. The highest BCUT2D eigenvalue weighted by Gasteiger charge is 2.28. The third-order valence-corrected chi connectivity index (χ3v) is 4.40. The number of amides is 3. The van der Waals surface area contributed by atoms with E-state index < -0.39 is 7.59 Å². The highest BCUT2D eigenvalue weighted by atomic mass is 35.6. The highest BCUT2D eigenvalue weighted by molar-refractivity contribution is 6.67. The van der Waals surface area contributed by atoms with E-state index in [-0.39, 0.29) is 37.1 Å². The predicted octanol–water partition coefficient (Wildman–Crippen LogP) is 7.13. The van der Waals surface area contributed by atoms with Crippen LogP contribution in [0.4, 0.5) is 0 Å². The molecule has 6 nitrogen and oxygen atoms in total. The van der Waals surface area contributed by atoms with Crippen LogP contribution in [0.2, 0.25) is 0 Å². The molecule has 0 aromatic rings. The van der Waals surface area contributed by atoms with Gasteiger partial charge in [0.1, 0.15) is 5.76 Å². The molecule has 0 aromatic carbocycles. The molecule has 192 valence electrons. The molecule has 1 aliphatic rings. The van der Waals surface area contributed by atoms with Crippen molar-refractivity contribution in [2.45, 2.75) is 81.2 Å². The molecule has 3 amide bonds. The molecule has 0 aliphatic carbocycles. The fraction of sp³-hybridized carbons (Fsp3) is 0.750. The fourth-order valence-electron chi connectivity index (χ4n) is 1.40. The summed E-state index contributed by atoms with van der Waals surface area (Å²) in [7, 11) is 1.45. The lowest BCUT2D eigenvalue weighted by molar-refractivity contribution is -0.140. The first kappa shape index (κ1) is 39.1. The summed E-state index contributed by atoms with van der Waals surface area (Å²) in [4.78, 5) is 33.8. The second kappa shape index (κ2) is 22.7. The topological polar surface area (TPSA) is 89.7 Å². The molecule has 0 aromatic heterocycles. The van der Waals surface area contributed by atoms with Crippen LogP contribution < -0.4 is 5.73 Å². The van der Waals surface area contributed by atoms with Crippen molar-refractivity contribution in [3.8, 4) is 0 Å². The van der Waals surface area contributed by atoms with E-state index in [0.717, 1.165) is 4.90 Å². The number of alkyl halides is 6. The minimum atomic E-state index is -1.36. The van der Waals surface area contributed by atoms with E-state index in [1.165, 1.54) is 13.2 Å². The lowest BCUT2D eigenvalue weighted by atomic mass is 10.2. The van der Waals surface area contributed by atoms with Gasteiger partial charge in [-0.15, -0.1) is 0 Å². The van der Waals surface area contributed by atoms with Gasteiger partial charge in [0.25, 0.3) is 5.91 Å². The van der Waals surface area contributed by atoms with Crippen LogP contribution in [0, 0.1) is 0 Å². The number of hydrogen-bond acceptors (Lipinski definition) is 4. The molecule has 0 radical (unpaired) electrons. The minimum Gasteiger partial charge on any atom is -0.499 e.